The third kappa shape index (κ3) is 3.30. The van der Waals surface area contributed by atoms with E-state index in [0.29, 0.717) is 30.9 Å². The zero-order chi connectivity index (χ0) is 22.8. The lowest BCUT2D eigenvalue weighted by atomic mass is 9.97. The number of pyridine rings is 1. The molecule has 0 saturated heterocycles. The van der Waals surface area contributed by atoms with E-state index >= 15 is 0 Å². The number of alkyl halides is 3. The van der Waals surface area contributed by atoms with Crippen molar-refractivity contribution in [2.45, 2.75) is 51.6 Å². The molecule has 3 aromatic heterocycles. The maximum atomic E-state index is 14.6. The number of halogens is 4. The molecular formula is C21H21F4N7. The van der Waals surface area contributed by atoms with E-state index in [-0.39, 0.29) is 29.8 Å². The minimum absolute atomic E-state index is 0.0580. The molecule has 5 rings (SSSR count). The summed E-state index contributed by atoms with van der Waals surface area (Å²) in [5, 5.41) is 18.0. The molecule has 0 amide bonds. The summed E-state index contributed by atoms with van der Waals surface area (Å²) in [6.45, 7) is 3.97. The molecule has 0 aliphatic carbocycles. The molecule has 11 heteroatoms. The van der Waals surface area contributed by atoms with E-state index in [4.69, 9.17) is 0 Å². The quantitative estimate of drug-likeness (QED) is 0.564. The van der Waals surface area contributed by atoms with Crippen molar-refractivity contribution >= 4 is 11.2 Å². The van der Waals surface area contributed by atoms with Crippen LogP contribution in [0.1, 0.15) is 42.5 Å². The van der Waals surface area contributed by atoms with Gasteiger partial charge in [0.15, 0.2) is 5.82 Å². The number of anilines is 1. The van der Waals surface area contributed by atoms with Gasteiger partial charge in [-0.25, -0.2) is 8.91 Å². The first-order chi connectivity index (χ1) is 15.2. The van der Waals surface area contributed by atoms with E-state index in [0.717, 1.165) is 17.5 Å². The third-order valence-corrected chi connectivity index (χ3v) is 6.35. The van der Waals surface area contributed by atoms with Gasteiger partial charge in [-0.1, -0.05) is 0 Å². The van der Waals surface area contributed by atoms with E-state index in [1.165, 1.54) is 9.42 Å². The summed E-state index contributed by atoms with van der Waals surface area (Å²) in [5.41, 5.74) is 3.69. The van der Waals surface area contributed by atoms with Gasteiger partial charge in [0.2, 0.25) is 0 Å². The molecule has 0 bridgehead atoms. The van der Waals surface area contributed by atoms with Crippen molar-refractivity contribution < 1.29 is 17.6 Å². The number of hydrogen-bond donors (Lipinski definition) is 0. The minimum Gasteiger partial charge on any atom is -0.362 e. The molecule has 0 radical (unpaired) electrons. The zero-order valence-corrected chi connectivity index (χ0v) is 17.6. The van der Waals surface area contributed by atoms with Gasteiger partial charge in [-0.2, -0.15) is 28.6 Å². The van der Waals surface area contributed by atoms with Crippen LogP contribution in [0.3, 0.4) is 0 Å². The average molecular weight is 447 g/mol. The molecule has 3 aromatic rings. The summed E-state index contributed by atoms with van der Waals surface area (Å²) in [6.07, 6.45) is -2.69. The van der Waals surface area contributed by atoms with Crippen molar-refractivity contribution in [1.82, 2.24) is 24.3 Å². The van der Waals surface area contributed by atoms with Crippen LogP contribution in [0.2, 0.25) is 0 Å². The fraction of sp³-hybridized carbons (Fsp3) is 0.476. The van der Waals surface area contributed by atoms with Crippen LogP contribution in [0.15, 0.2) is 18.3 Å². The molecule has 0 spiro atoms. The summed E-state index contributed by atoms with van der Waals surface area (Å²) in [6, 6.07) is 5.02. The SMILES string of the molecule is C[C@@H]1CN(c2ccc(C#N)n3ncc(F)c23)Cc2c3c(nn21)CN(CC(F)(F)F)[C@@H](C)C3. The van der Waals surface area contributed by atoms with Gasteiger partial charge in [0.25, 0.3) is 0 Å². The highest BCUT2D eigenvalue weighted by Crippen LogP contribution is 2.36. The number of rotatable bonds is 2. The second-order valence-corrected chi connectivity index (χ2v) is 8.59. The Morgan fingerprint density at radius 1 is 1.19 bits per heavy atom. The van der Waals surface area contributed by atoms with Gasteiger partial charge >= 0.3 is 6.18 Å². The predicted molar refractivity (Wildman–Crippen MR) is 107 cm³/mol. The molecule has 2 atom stereocenters. The predicted octanol–water partition coefficient (Wildman–Crippen LogP) is 3.43. The molecule has 0 fully saturated rings. The van der Waals surface area contributed by atoms with Gasteiger partial charge in [-0.05, 0) is 32.4 Å². The van der Waals surface area contributed by atoms with Gasteiger partial charge in [0, 0.05) is 24.7 Å². The fourth-order valence-corrected chi connectivity index (χ4v) is 4.88. The van der Waals surface area contributed by atoms with Gasteiger partial charge in [-0.15, -0.1) is 0 Å². The number of hydrogen-bond acceptors (Lipinski definition) is 5. The van der Waals surface area contributed by atoms with Crippen LogP contribution in [-0.4, -0.2) is 49.6 Å². The lowest BCUT2D eigenvalue weighted by Crippen LogP contribution is -2.44. The molecule has 168 valence electrons. The maximum Gasteiger partial charge on any atom is 0.401 e. The van der Waals surface area contributed by atoms with Crippen LogP contribution in [0.25, 0.3) is 5.52 Å². The summed E-state index contributed by atoms with van der Waals surface area (Å²) in [7, 11) is 0. The second kappa shape index (κ2) is 7.20. The Kier molecular flexibility index (Phi) is 4.67. The first-order valence-corrected chi connectivity index (χ1v) is 10.4. The maximum absolute atomic E-state index is 14.6. The van der Waals surface area contributed by atoms with Crippen molar-refractivity contribution in [2.24, 2.45) is 0 Å². The van der Waals surface area contributed by atoms with Gasteiger partial charge < -0.3 is 4.90 Å². The van der Waals surface area contributed by atoms with Crippen molar-refractivity contribution in [3.63, 3.8) is 0 Å². The van der Waals surface area contributed by atoms with Crippen LogP contribution in [-0.2, 0) is 19.5 Å². The molecule has 0 saturated carbocycles. The lowest BCUT2D eigenvalue weighted by molar-refractivity contribution is -0.152. The van der Waals surface area contributed by atoms with Crippen LogP contribution >= 0.6 is 0 Å². The molecule has 7 nitrogen and oxygen atoms in total. The first-order valence-electron chi connectivity index (χ1n) is 10.4. The Morgan fingerprint density at radius 2 is 1.97 bits per heavy atom. The largest absolute Gasteiger partial charge is 0.401 e. The second-order valence-electron chi connectivity index (χ2n) is 8.59. The molecule has 0 N–H and O–H groups in total. The Hall–Kier alpha value is -3.13. The summed E-state index contributed by atoms with van der Waals surface area (Å²) in [4.78, 5) is 3.44. The monoisotopic (exact) mass is 447 g/mol. The van der Waals surface area contributed by atoms with Gasteiger partial charge in [-0.3, -0.25) is 9.58 Å². The normalized spacial score (nSPS) is 21.5. The average Bonchev–Trinajstić information content (AvgIpc) is 3.28. The van der Waals surface area contributed by atoms with Crippen molar-refractivity contribution in [3.8, 4) is 6.07 Å². The molecule has 0 aromatic carbocycles. The van der Waals surface area contributed by atoms with Crippen molar-refractivity contribution in [2.75, 3.05) is 18.0 Å². The Morgan fingerprint density at radius 3 is 2.69 bits per heavy atom. The van der Waals surface area contributed by atoms with Crippen LogP contribution in [0, 0.1) is 17.1 Å². The summed E-state index contributed by atoms with van der Waals surface area (Å²) in [5.74, 6) is -0.512. The zero-order valence-electron chi connectivity index (χ0n) is 17.6. The van der Waals surface area contributed by atoms with Crippen molar-refractivity contribution in [3.05, 3.63) is 46.8 Å². The molecule has 2 aliphatic heterocycles. The van der Waals surface area contributed by atoms with Gasteiger partial charge in [0.05, 0.1) is 42.4 Å². The molecule has 32 heavy (non-hydrogen) atoms. The molecule has 5 heterocycles. The number of aromatic nitrogens is 4. The highest BCUT2D eigenvalue weighted by atomic mass is 19.4. The van der Waals surface area contributed by atoms with E-state index in [1.54, 1.807) is 19.1 Å². The summed E-state index contributed by atoms with van der Waals surface area (Å²) < 4.78 is 56.7. The standard InChI is InChI=1S/C21H21F4N7/c1-12-5-15-17(9-30(12)11-21(23,24)25)28-31-13(2)8-29(10-19(15)31)18-4-3-14(6-26)32-20(18)16(22)7-27-32/h3-4,7,12-13H,5,8-11H2,1-2H3/t12-,13+/m0/s1. The first kappa shape index (κ1) is 20.8. The minimum atomic E-state index is -4.26. The highest BCUT2D eigenvalue weighted by molar-refractivity contribution is 5.75. The Labute approximate surface area is 181 Å². The van der Waals surface area contributed by atoms with E-state index in [1.807, 2.05) is 22.6 Å². The highest BCUT2D eigenvalue weighted by Gasteiger charge is 2.38. The van der Waals surface area contributed by atoms with E-state index in [2.05, 4.69) is 10.2 Å². The van der Waals surface area contributed by atoms with Crippen molar-refractivity contribution in [1.29, 1.82) is 5.26 Å². The van der Waals surface area contributed by atoms with Crippen LogP contribution in [0.5, 0.6) is 0 Å². The van der Waals surface area contributed by atoms with E-state index in [9.17, 15) is 22.8 Å². The number of nitriles is 1. The molecule has 2 aliphatic rings. The Balaban J connectivity index is 1.52. The third-order valence-electron chi connectivity index (χ3n) is 6.35. The fourth-order valence-electron chi connectivity index (χ4n) is 4.88. The Bertz CT molecular complexity index is 1240. The number of fused-ring (bicyclic) bond motifs is 4. The van der Waals surface area contributed by atoms with Gasteiger partial charge in [0.1, 0.15) is 17.3 Å². The summed E-state index contributed by atoms with van der Waals surface area (Å²) >= 11 is 0. The number of nitrogens with zero attached hydrogens (tertiary/aromatic N) is 7. The van der Waals surface area contributed by atoms with E-state index < -0.39 is 18.5 Å². The smallest absolute Gasteiger partial charge is 0.362 e. The van der Waals surface area contributed by atoms with Crippen LogP contribution < -0.4 is 4.90 Å². The lowest BCUT2D eigenvalue weighted by Gasteiger charge is -2.36. The van der Waals surface area contributed by atoms with Crippen LogP contribution in [0.4, 0.5) is 23.2 Å². The molecule has 0 unspecified atom stereocenters. The molecular weight excluding hydrogens is 426 g/mol. The topological polar surface area (TPSA) is 65.4 Å².